The molecule has 3 heterocycles. The third-order valence-electron chi connectivity index (χ3n) is 3.95. The van der Waals surface area contributed by atoms with Gasteiger partial charge in [-0.1, -0.05) is 18.2 Å². The summed E-state index contributed by atoms with van der Waals surface area (Å²) in [6.45, 7) is 0. The van der Waals surface area contributed by atoms with Gasteiger partial charge >= 0.3 is 0 Å². The highest BCUT2D eigenvalue weighted by atomic mass is 16.5. The number of nitrogens with zero attached hydrogens (tertiary/aromatic N) is 4. The smallest absolute Gasteiger partial charge is 0.221 e. The number of hydrogen-bond donors (Lipinski definition) is 1. The Balaban J connectivity index is 1.79. The van der Waals surface area contributed by atoms with E-state index in [0.717, 1.165) is 0 Å². The molecule has 2 N–H and O–H groups in total. The van der Waals surface area contributed by atoms with Gasteiger partial charge in [-0.2, -0.15) is 5.10 Å². The maximum atomic E-state index is 11.7. The molecule has 4 aromatic rings. The molecule has 0 spiro atoms. The van der Waals surface area contributed by atoms with Crippen LogP contribution in [0.1, 0.15) is 18.2 Å². The molecule has 1 atom stereocenters. The molecule has 1 unspecified atom stereocenters. The van der Waals surface area contributed by atoms with Crippen molar-refractivity contribution in [3.05, 3.63) is 78.9 Å². The Morgan fingerprint density at radius 2 is 2.00 bits per heavy atom. The van der Waals surface area contributed by atoms with E-state index in [1.807, 2.05) is 18.2 Å². The largest absolute Gasteiger partial charge is 0.484 e. The van der Waals surface area contributed by atoms with Crippen molar-refractivity contribution in [2.24, 2.45) is 5.73 Å². The number of amides is 1. The molecule has 0 aliphatic heterocycles. The first-order chi connectivity index (χ1) is 13.7. The second kappa shape index (κ2) is 7.75. The number of nitrogens with two attached hydrogens (primary N) is 1. The molecule has 3 aromatic heterocycles. The predicted octanol–water partition coefficient (Wildman–Crippen LogP) is 2.92. The average molecular weight is 375 g/mol. The van der Waals surface area contributed by atoms with Crippen LogP contribution in [-0.2, 0) is 4.79 Å². The van der Waals surface area contributed by atoms with Crippen LogP contribution in [0.15, 0.2) is 77.7 Å². The Hall–Kier alpha value is -3.94. The highest BCUT2D eigenvalue weighted by Gasteiger charge is 2.22. The molecule has 4 rings (SSSR count). The van der Waals surface area contributed by atoms with Crippen LogP contribution in [0.5, 0.6) is 5.75 Å². The van der Waals surface area contributed by atoms with E-state index in [-0.39, 0.29) is 6.42 Å². The maximum absolute atomic E-state index is 11.7. The Labute approximate surface area is 160 Å². The van der Waals surface area contributed by atoms with Crippen molar-refractivity contribution in [3.63, 3.8) is 0 Å². The van der Waals surface area contributed by atoms with Crippen molar-refractivity contribution in [2.45, 2.75) is 12.5 Å². The molecular formula is C20H17N5O3. The van der Waals surface area contributed by atoms with Crippen LogP contribution >= 0.6 is 0 Å². The highest BCUT2D eigenvalue weighted by molar-refractivity contribution is 5.74. The van der Waals surface area contributed by atoms with E-state index in [4.69, 9.17) is 14.9 Å². The van der Waals surface area contributed by atoms with Crippen LogP contribution in [0, 0.1) is 0 Å². The molecule has 0 bridgehead atoms. The number of aromatic nitrogens is 4. The second-order valence-electron chi connectivity index (χ2n) is 5.99. The Morgan fingerprint density at radius 3 is 2.68 bits per heavy atom. The van der Waals surface area contributed by atoms with Crippen molar-refractivity contribution >= 4 is 5.91 Å². The minimum Gasteiger partial charge on any atom is -0.484 e. The van der Waals surface area contributed by atoms with Gasteiger partial charge in [-0.15, -0.1) is 0 Å². The minimum atomic E-state index is -0.689. The summed E-state index contributed by atoms with van der Waals surface area (Å²) in [7, 11) is 0. The van der Waals surface area contributed by atoms with Crippen molar-refractivity contribution in [3.8, 4) is 23.2 Å². The summed E-state index contributed by atoms with van der Waals surface area (Å²) in [5.74, 6) is 1.48. The lowest BCUT2D eigenvalue weighted by atomic mass is 10.1. The lowest BCUT2D eigenvalue weighted by molar-refractivity contribution is -0.119. The molecule has 0 saturated heterocycles. The number of carbonyl (C=O) groups is 1. The van der Waals surface area contributed by atoms with E-state index in [1.54, 1.807) is 59.7 Å². The molecule has 1 amide bonds. The van der Waals surface area contributed by atoms with Crippen LogP contribution in [0.2, 0.25) is 0 Å². The second-order valence-corrected chi connectivity index (χ2v) is 5.99. The number of furan rings is 1. The first-order valence-corrected chi connectivity index (χ1v) is 8.62. The molecule has 0 aliphatic rings. The summed E-state index contributed by atoms with van der Waals surface area (Å²) in [5.41, 5.74) is 5.95. The summed E-state index contributed by atoms with van der Waals surface area (Å²) in [6, 6.07) is 16.2. The van der Waals surface area contributed by atoms with Gasteiger partial charge in [-0.05, 0) is 30.3 Å². The van der Waals surface area contributed by atoms with Gasteiger partial charge in [-0.25, -0.2) is 14.6 Å². The lowest BCUT2D eigenvalue weighted by Crippen LogP contribution is -2.20. The monoisotopic (exact) mass is 375 g/mol. The molecule has 28 heavy (non-hydrogen) atoms. The molecule has 0 saturated carbocycles. The zero-order valence-electron chi connectivity index (χ0n) is 14.8. The van der Waals surface area contributed by atoms with E-state index in [2.05, 4.69) is 15.1 Å². The topological polar surface area (TPSA) is 109 Å². The summed E-state index contributed by atoms with van der Waals surface area (Å²) in [5, 5.41) is 4.22. The summed E-state index contributed by atoms with van der Waals surface area (Å²) >= 11 is 0. The summed E-state index contributed by atoms with van der Waals surface area (Å²) < 4.78 is 13.0. The summed E-state index contributed by atoms with van der Waals surface area (Å²) in [4.78, 5) is 20.7. The molecule has 0 aliphatic carbocycles. The molecular weight excluding hydrogens is 358 g/mol. The molecule has 8 nitrogen and oxygen atoms in total. The van der Waals surface area contributed by atoms with Crippen LogP contribution in [0.25, 0.3) is 17.4 Å². The van der Waals surface area contributed by atoms with Gasteiger partial charge in [0.2, 0.25) is 5.91 Å². The number of carbonyl (C=O) groups excluding carboxylic acids is 1. The van der Waals surface area contributed by atoms with Gasteiger partial charge in [0.1, 0.15) is 11.9 Å². The van der Waals surface area contributed by atoms with Gasteiger partial charge in [-0.3, -0.25) is 4.79 Å². The van der Waals surface area contributed by atoms with E-state index in [1.165, 1.54) is 0 Å². The third kappa shape index (κ3) is 3.90. The molecule has 140 valence electrons. The first-order valence-electron chi connectivity index (χ1n) is 8.62. The van der Waals surface area contributed by atoms with Gasteiger partial charge in [0.05, 0.1) is 18.4 Å². The average Bonchev–Trinajstić information content (AvgIpc) is 3.42. The van der Waals surface area contributed by atoms with Gasteiger partial charge in [0, 0.05) is 18.5 Å². The SMILES string of the molecule is NC(=O)CC(Oc1ccccc1)c1cc(-n2cccn2)nc(-c2ccco2)n1. The normalized spacial score (nSPS) is 11.9. The third-order valence-corrected chi connectivity index (χ3v) is 3.95. The Morgan fingerprint density at radius 1 is 1.14 bits per heavy atom. The van der Waals surface area contributed by atoms with E-state index < -0.39 is 12.0 Å². The van der Waals surface area contributed by atoms with Crippen molar-refractivity contribution in [2.75, 3.05) is 0 Å². The molecule has 0 fully saturated rings. The highest BCUT2D eigenvalue weighted by Crippen LogP contribution is 2.27. The van der Waals surface area contributed by atoms with Crippen molar-refractivity contribution < 1.29 is 13.9 Å². The number of hydrogen-bond acceptors (Lipinski definition) is 6. The first kappa shape index (κ1) is 17.5. The lowest BCUT2D eigenvalue weighted by Gasteiger charge is -2.18. The van der Waals surface area contributed by atoms with Gasteiger partial charge in [0.15, 0.2) is 17.4 Å². The fourth-order valence-corrected chi connectivity index (χ4v) is 2.71. The zero-order chi connectivity index (χ0) is 19.3. The van der Waals surface area contributed by atoms with Crippen LogP contribution in [0.4, 0.5) is 0 Å². The fourth-order valence-electron chi connectivity index (χ4n) is 2.71. The predicted molar refractivity (Wildman–Crippen MR) is 100 cm³/mol. The Bertz CT molecular complexity index is 994. The standard InChI is InChI=1S/C20H17N5O3/c21-18(26)13-17(28-14-6-2-1-3-7-14)15-12-19(25-10-5-9-22-25)24-20(23-15)16-8-4-11-27-16/h1-12,17H,13H2,(H2,21,26). The number of ether oxygens (including phenoxy) is 1. The van der Waals surface area contributed by atoms with Gasteiger partial charge < -0.3 is 14.9 Å². The fraction of sp³-hybridized carbons (Fsp3) is 0.100. The van der Waals surface area contributed by atoms with Crippen molar-refractivity contribution in [1.82, 2.24) is 19.7 Å². The number of para-hydroxylation sites is 1. The van der Waals surface area contributed by atoms with Crippen LogP contribution < -0.4 is 10.5 Å². The summed E-state index contributed by atoms with van der Waals surface area (Å²) in [6.07, 6.45) is 4.22. The molecule has 8 heteroatoms. The number of benzene rings is 1. The number of primary amides is 1. The van der Waals surface area contributed by atoms with Crippen LogP contribution in [0.3, 0.4) is 0 Å². The number of rotatable bonds is 7. The van der Waals surface area contributed by atoms with Crippen molar-refractivity contribution in [1.29, 1.82) is 0 Å². The van der Waals surface area contributed by atoms with Gasteiger partial charge in [0.25, 0.3) is 0 Å². The zero-order valence-corrected chi connectivity index (χ0v) is 14.8. The van der Waals surface area contributed by atoms with E-state index >= 15 is 0 Å². The molecule has 1 aromatic carbocycles. The maximum Gasteiger partial charge on any atom is 0.221 e. The quantitative estimate of drug-likeness (QED) is 0.532. The van der Waals surface area contributed by atoms with Crippen LogP contribution in [-0.4, -0.2) is 25.7 Å². The Kier molecular flexibility index (Phi) is 4.83. The van der Waals surface area contributed by atoms with E-state index in [0.29, 0.717) is 28.8 Å². The molecule has 0 radical (unpaired) electrons. The van der Waals surface area contributed by atoms with E-state index in [9.17, 15) is 4.79 Å². The minimum absolute atomic E-state index is 0.0396.